The first kappa shape index (κ1) is 14.9. The van der Waals surface area contributed by atoms with Gasteiger partial charge in [-0.3, -0.25) is 0 Å². The molecule has 0 spiro atoms. The maximum atomic E-state index is 5.03. The first-order chi connectivity index (χ1) is 7.20. The zero-order chi connectivity index (χ0) is 11.5. The number of hydrogen-bond acceptors (Lipinski definition) is 3. The molecule has 0 aliphatic heterocycles. The standard InChI is InChI=1S/C12H28N2O/c1-5-12(2)11-13-7-6-8-14(3)9-10-15-4/h12-13H,5-11H2,1-4H3. The number of ether oxygens (including phenoxy) is 1. The smallest absolute Gasteiger partial charge is 0.0589 e. The lowest BCUT2D eigenvalue weighted by Gasteiger charge is -2.16. The highest BCUT2D eigenvalue weighted by Crippen LogP contribution is 1.97. The average molecular weight is 216 g/mol. The van der Waals surface area contributed by atoms with Crippen LogP contribution >= 0.6 is 0 Å². The van der Waals surface area contributed by atoms with E-state index in [4.69, 9.17) is 4.74 Å². The second kappa shape index (κ2) is 10.4. The van der Waals surface area contributed by atoms with Crippen LogP contribution in [0.4, 0.5) is 0 Å². The van der Waals surface area contributed by atoms with Gasteiger partial charge in [-0.2, -0.15) is 0 Å². The third kappa shape index (κ3) is 10.2. The van der Waals surface area contributed by atoms with Crippen molar-refractivity contribution in [2.45, 2.75) is 26.7 Å². The van der Waals surface area contributed by atoms with E-state index in [1.54, 1.807) is 7.11 Å². The van der Waals surface area contributed by atoms with Crippen LogP contribution in [-0.2, 0) is 4.74 Å². The van der Waals surface area contributed by atoms with Crippen LogP contribution in [0.1, 0.15) is 26.7 Å². The van der Waals surface area contributed by atoms with Gasteiger partial charge in [-0.25, -0.2) is 0 Å². The van der Waals surface area contributed by atoms with Crippen molar-refractivity contribution in [1.82, 2.24) is 10.2 Å². The van der Waals surface area contributed by atoms with E-state index in [2.05, 4.69) is 31.1 Å². The van der Waals surface area contributed by atoms with E-state index < -0.39 is 0 Å². The van der Waals surface area contributed by atoms with Crippen LogP contribution in [0.2, 0.25) is 0 Å². The van der Waals surface area contributed by atoms with E-state index in [0.717, 1.165) is 38.7 Å². The average Bonchev–Trinajstić information content (AvgIpc) is 2.25. The summed E-state index contributed by atoms with van der Waals surface area (Å²) < 4.78 is 5.03. The fourth-order valence-electron chi connectivity index (χ4n) is 1.33. The lowest BCUT2D eigenvalue weighted by molar-refractivity contribution is 0.160. The minimum atomic E-state index is 0.802. The van der Waals surface area contributed by atoms with Gasteiger partial charge in [0.25, 0.3) is 0 Å². The highest BCUT2D eigenvalue weighted by Gasteiger charge is 1.99. The van der Waals surface area contributed by atoms with Gasteiger partial charge in [-0.1, -0.05) is 20.3 Å². The fraction of sp³-hybridized carbons (Fsp3) is 1.00. The minimum Gasteiger partial charge on any atom is -0.383 e. The van der Waals surface area contributed by atoms with E-state index in [0.29, 0.717) is 0 Å². The predicted octanol–water partition coefficient (Wildman–Crippen LogP) is 1.59. The lowest BCUT2D eigenvalue weighted by Crippen LogP contribution is -2.28. The quantitative estimate of drug-likeness (QED) is 0.561. The molecule has 1 unspecified atom stereocenters. The number of nitrogens with one attached hydrogen (secondary N) is 1. The van der Waals surface area contributed by atoms with Gasteiger partial charge in [0, 0.05) is 13.7 Å². The third-order valence-corrected chi connectivity index (χ3v) is 2.76. The van der Waals surface area contributed by atoms with Gasteiger partial charge in [0.15, 0.2) is 0 Å². The topological polar surface area (TPSA) is 24.5 Å². The molecule has 0 radical (unpaired) electrons. The molecule has 0 heterocycles. The Bertz CT molecular complexity index is 131. The Morgan fingerprint density at radius 1 is 1.33 bits per heavy atom. The zero-order valence-electron chi connectivity index (χ0n) is 10.9. The Kier molecular flexibility index (Phi) is 10.3. The number of methoxy groups -OCH3 is 1. The Hall–Kier alpha value is -0.120. The number of likely N-dealkylation sites (N-methyl/N-ethyl adjacent to an activating group) is 1. The normalized spacial score (nSPS) is 13.4. The molecule has 0 saturated carbocycles. The highest BCUT2D eigenvalue weighted by molar-refractivity contribution is 4.57. The summed E-state index contributed by atoms with van der Waals surface area (Å²) in [4.78, 5) is 2.31. The molecule has 0 bridgehead atoms. The van der Waals surface area contributed by atoms with Gasteiger partial charge in [0.05, 0.1) is 6.61 Å². The van der Waals surface area contributed by atoms with Crippen LogP contribution in [0.25, 0.3) is 0 Å². The first-order valence-electron chi connectivity index (χ1n) is 6.08. The van der Waals surface area contributed by atoms with Crippen molar-refractivity contribution in [2.24, 2.45) is 5.92 Å². The van der Waals surface area contributed by atoms with Crippen molar-refractivity contribution in [3.05, 3.63) is 0 Å². The van der Waals surface area contributed by atoms with Gasteiger partial charge in [0.2, 0.25) is 0 Å². The molecule has 15 heavy (non-hydrogen) atoms. The summed E-state index contributed by atoms with van der Waals surface area (Å²) in [7, 11) is 3.90. The molecule has 3 nitrogen and oxygen atoms in total. The summed E-state index contributed by atoms with van der Waals surface area (Å²) in [6, 6.07) is 0. The summed E-state index contributed by atoms with van der Waals surface area (Å²) in [5.74, 6) is 0.802. The van der Waals surface area contributed by atoms with Crippen molar-refractivity contribution >= 4 is 0 Å². The molecular formula is C12H28N2O. The maximum absolute atomic E-state index is 5.03. The molecule has 0 rings (SSSR count). The second-order valence-electron chi connectivity index (χ2n) is 4.37. The third-order valence-electron chi connectivity index (χ3n) is 2.76. The summed E-state index contributed by atoms with van der Waals surface area (Å²) >= 11 is 0. The molecule has 0 aliphatic rings. The molecule has 0 aliphatic carbocycles. The van der Waals surface area contributed by atoms with Gasteiger partial charge >= 0.3 is 0 Å². The summed E-state index contributed by atoms with van der Waals surface area (Å²) in [5, 5.41) is 3.49. The van der Waals surface area contributed by atoms with Gasteiger partial charge < -0.3 is 15.0 Å². The Morgan fingerprint density at radius 3 is 2.67 bits per heavy atom. The molecular weight excluding hydrogens is 188 g/mol. The Balaban J connectivity index is 3.16. The van der Waals surface area contributed by atoms with Crippen molar-refractivity contribution in [2.75, 3.05) is 46.9 Å². The summed E-state index contributed by atoms with van der Waals surface area (Å²) in [6.07, 6.45) is 2.48. The van der Waals surface area contributed by atoms with Crippen molar-refractivity contribution in [1.29, 1.82) is 0 Å². The molecule has 1 N–H and O–H groups in total. The fourth-order valence-corrected chi connectivity index (χ4v) is 1.33. The molecule has 3 heteroatoms. The maximum Gasteiger partial charge on any atom is 0.0589 e. The summed E-state index contributed by atoms with van der Waals surface area (Å²) in [5.41, 5.74) is 0. The predicted molar refractivity (Wildman–Crippen MR) is 66.3 cm³/mol. The Morgan fingerprint density at radius 2 is 2.07 bits per heavy atom. The SMILES string of the molecule is CCC(C)CNCCCN(C)CCOC. The molecule has 0 saturated heterocycles. The monoisotopic (exact) mass is 216 g/mol. The molecule has 0 aromatic carbocycles. The van der Waals surface area contributed by atoms with Gasteiger partial charge in [-0.15, -0.1) is 0 Å². The van der Waals surface area contributed by atoms with E-state index in [1.165, 1.54) is 12.8 Å². The number of nitrogens with zero attached hydrogens (tertiary/aromatic N) is 1. The minimum absolute atomic E-state index is 0.802. The van der Waals surface area contributed by atoms with Gasteiger partial charge in [-0.05, 0) is 39.0 Å². The van der Waals surface area contributed by atoms with Crippen molar-refractivity contribution in [3.8, 4) is 0 Å². The van der Waals surface area contributed by atoms with Crippen LogP contribution in [0.15, 0.2) is 0 Å². The molecule has 92 valence electrons. The van der Waals surface area contributed by atoms with E-state index in [-0.39, 0.29) is 0 Å². The van der Waals surface area contributed by atoms with Crippen LogP contribution in [0.5, 0.6) is 0 Å². The largest absolute Gasteiger partial charge is 0.383 e. The second-order valence-corrected chi connectivity index (χ2v) is 4.37. The van der Waals surface area contributed by atoms with E-state index in [1.807, 2.05) is 0 Å². The molecule has 0 fully saturated rings. The van der Waals surface area contributed by atoms with Crippen LogP contribution in [0, 0.1) is 5.92 Å². The van der Waals surface area contributed by atoms with Crippen LogP contribution in [0.3, 0.4) is 0 Å². The Labute approximate surface area is 95.2 Å². The molecule has 0 aromatic rings. The molecule has 1 atom stereocenters. The first-order valence-corrected chi connectivity index (χ1v) is 6.08. The van der Waals surface area contributed by atoms with Crippen molar-refractivity contribution < 1.29 is 4.74 Å². The van der Waals surface area contributed by atoms with Crippen molar-refractivity contribution in [3.63, 3.8) is 0 Å². The molecule has 0 aromatic heterocycles. The zero-order valence-corrected chi connectivity index (χ0v) is 10.9. The number of hydrogen-bond donors (Lipinski definition) is 1. The van der Waals surface area contributed by atoms with E-state index in [9.17, 15) is 0 Å². The van der Waals surface area contributed by atoms with Crippen LogP contribution in [-0.4, -0.2) is 51.8 Å². The van der Waals surface area contributed by atoms with Crippen LogP contribution < -0.4 is 5.32 Å². The molecule has 0 amide bonds. The lowest BCUT2D eigenvalue weighted by atomic mass is 10.1. The summed E-state index contributed by atoms with van der Waals surface area (Å²) in [6.45, 7) is 9.82. The number of rotatable bonds is 10. The van der Waals surface area contributed by atoms with E-state index >= 15 is 0 Å². The van der Waals surface area contributed by atoms with Gasteiger partial charge in [0.1, 0.15) is 0 Å². The highest BCUT2D eigenvalue weighted by atomic mass is 16.5.